The molecule has 0 radical (unpaired) electrons. The van der Waals surface area contributed by atoms with Crippen LogP contribution in [0.1, 0.15) is 122 Å². The zero-order valence-corrected chi connectivity index (χ0v) is 22.0. The highest BCUT2D eigenvalue weighted by Gasteiger charge is 2.35. The van der Waals surface area contributed by atoms with Gasteiger partial charge >= 0.3 is 0 Å². The molecule has 2 heterocycles. The van der Waals surface area contributed by atoms with Crippen LogP contribution in [0.25, 0.3) is 0 Å². The Balaban J connectivity index is 0.00000512. The van der Waals surface area contributed by atoms with Crippen molar-refractivity contribution >= 4 is 5.91 Å². The summed E-state index contributed by atoms with van der Waals surface area (Å²) in [6, 6.07) is 0. The zero-order chi connectivity index (χ0) is 22.0. The van der Waals surface area contributed by atoms with Crippen molar-refractivity contribution in [1.82, 2.24) is 4.90 Å². The number of hydrogen-bond acceptors (Lipinski definition) is 2. The summed E-state index contributed by atoms with van der Waals surface area (Å²) in [5, 5.41) is 0. The van der Waals surface area contributed by atoms with E-state index in [9.17, 15) is 4.79 Å². The molecule has 2 saturated heterocycles. The minimum absolute atomic E-state index is 0. The second-order valence-electron chi connectivity index (χ2n) is 10.3. The maximum absolute atomic E-state index is 12.1. The van der Waals surface area contributed by atoms with Gasteiger partial charge in [0.1, 0.15) is 13.1 Å². The quantitative estimate of drug-likeness (QED) is 0.212. The average Bonchev–Trinajstić information content (AvgIpc) is 3.18. The molecule has 0 saturated carbocycles. The van der Waals surface area contributed by atoms with Gasteiger partial charge in [-0.2, -0.15) is 0 Å². The Kier molecular flexibility index (Phi) is 17.7. The molecule has 0 atom stereocenters. The van der Waals surface area contributed by atoms with Gasteiger partial charge in [0, 0.05) is 13.0 Å². The van der Waals surface area contributed by atoms with Crippen LogP contribution in [0.15, 0.2) is 0 Å². The van der Waals surface area contributed by atoms with Crippen LogP contribution in [0.3, 0.4) is 0 Å². The number of amides is 1. The minimum Gasteiger partial charge on any atom is -1.00 e. The summed E-state index contributed by atoms with van der Waals surface area (Å²) in [4.78, 5) is 14.2. The number of nitrogens with zero attached hydrogens (tertiary/aromatic N) is 2. The number of likely N-dealkylation sites (tertiary alicyclic amines) is 1. The summed E-state index contributed by atoms with van der Waals surface area (Å²) in [5.74, 6) is 0.371. The van der Waals surface area contributed by atoms with Gasteiger partial charge in [0.25, 0.3) is 0 Å². The number of quaternary nitrogens is 1. The molecule has 0 aromatic rings. The average molecular weight is 473 g/mol. The van der Waals surface area contributed by atoms with Gasteiger partial charge in [-0.1, -0.05) is 96.8 Å². The number of halogens is 1. The number of carbonyl (C=O) groups excluding carboxylic acids is 1. The summed E-state index contributed by atoms with van der Waals surface area (Å²) in [7, 11) is 0. The zero-order valence-electron chi connectivity index (χ0n) is 21.3. The maximum atomic E-state index is 12.1. The lowest BCUT2D eigenvalue weighted by Crippen LogP contribution is -3.00. The van der Waals surface area contributed by atoms with Crippen molar-refractivity contribution in [2.24, 2.45) is 0 Å². The second kappa shape index (κ2) is 19.0. The fraction of sp³-hybridized carbons (Fsp3) is 0.963. The largest absolute Gasteiger partial charge is 1.00 e. The monoisotopic (exact) mass is 472 g/mol. The van der Waals surface area contributed by atoms with E-state index >= 15 is 0 Å². The second-order valence-corrected chi connectivity index (χ2v) is 10.3. The SMILES string of the molecule is CCCCCCCCCCCCCCCCCC[N+]1(CN2CCCC2=O)CCOCC1.[Cl-]. The first-order valence-corrected chi connectivity index (χ1v) is 14.0. The van der Waals surface area contributed by atoms with E-state index < -0.39 is 0 Å². The fourth-order valence-electron chi connectivity index (χ4n) is 5.38. The fourth-order valence-corrected chi connectivity index (χ4v) is 5.38. The lowest BCUT2D eigenvalue weighted by Gasteiger charge is -2.43. The molecule has 2 aliphatic rings. The van der Waals surface area contributed by atoms with Gasteiger partial charge in [0.05, 0.1) is 19.8 Å². The van der Waals surface area contributed by atoms with E-state index in [0.29, 0.717) is 5.91 Å². The van der Waals surface area contributed by atoms with Gasteiger partial charge in [-0.05, 0) is 19.3 Å². The summed E-state index contributed by atoms with van der Waals surface area (Å²) in [6.07, 6.45) is 24.5. The van der Waals surface area contributed by atoms with Crippen LogP contribution in [-0.4, -0.2) is 61.4 Å². The Bertz CT molecular complexity index is 455. The van der Waals surface area contributed by atoms with Crippen molar-refractivity contribution < 1.29 is 26.4 Å². The highest BCUT2D eigenvalue weighted by atomic mass is 35.5. The predicted molar refractivity (Wildman–Crippen MR) is 131 cm³/mol. The molecule has 0 aromatic heterocycles. The van der Waals surface area contributed by atoms with Gasteiger partial charge in [-0.25, -0.2) is 0 Å². The molecule has 32 heavy (non-hydrogen) atoms. The molecule has 1 amide bonds. The Morgan fingerprint density at radius 3 is 1.66 bits per heavy atom. The van der Waals surface area contributed by atoms with Crippen LogP contribution in [0.2, 0.25) is 0 Å². The van der Waals surface area contributed by atoms with E-state index in [1.54, 1.807) is 0 Å². The van der Waals surface area contributed by atoms with Gasteiger partial charge < -0.3 is 21.6 Å². The first kappa shape index (κ1) is 29.7. The molecule has 0 N–H and O–H groups in total. The molecular weight excluding hydrogens is 420 g/mol. The Morgan fingerprint density at radius 2 is 1.22 bits per heavy atom. The van der Waals surface area contributed by atoms with Crippen LogP contribution in [0, 0.1) is 0 Å². The summed E-state index contributed by atoms with van der Waals surface area (Å²) in [6.45, 7) is 9.32. The molecule has 0 aliphatic carbocycles. The van der Waals surface area contributed by atoms with E-state index in [2.05, 4.69) is 11.8 Å². The standard InChI is InChI=1S/C27H53N2O2.ClH/c1-2-3-4-5-6-7-8-9-10-11-12-13-14-15-16-17-21-29(22-24-31-25-23-29)26-28-20-18-19-27(28)30;/h2-26H2,1H3;1H/q+1;/p-1. The van der Waals surface area contributed by atoms with Crippen molar-refractivity contribution in [3.8, 4) is 0 Å². The van der Waals surface area contributed by atoms with Gasteiger partial charge in [-0.3, -0.25) is 9.69 Å². The maximum Gasteiger partial charge on any atom is 0.226 e. The van der Waals surface area contributed by atoms with Crippen molar-refractivity contribution in [2.45, 2.75) is 122 Å². The third-order valence-corrected chi connectivity index (χ3v) is 7.55. The molecular formula is C27H53ClN2O2. The number of rotatable bonds is 19. The Morgan fingerprint density at radius 1 is 0.750 bits per heavy atom. The minimum atomic E-state index is 0. The Hall–Kier alpha value is -0.320. The number of unbranched alkanes of at least 4 members (excludes halogenated alkanes) is 15. The topological polar surface area (TPSA) is 29.5 Å². The molecule has 0 spiro atoms. The third-order valence-electron chi connectivity index (χ3n) is 7.55. The molecule has 0 unspecified atom stereocenters. The molecule has 5 heteroatoms. The van der Waals surface area contributed by atoms with Crippen molar-refractivity contribution in [1.29, 1.82) is 0 Å². The summed E-state index contributed by atoms with van der Waals surface area (Å²) >= 11 is 0. The van der Waals surface area contributed by atoms with Crippen molar-refractivity contribution in [3.05, 3.63) is 0 Å². The highest BCUT2D eigenvalue weighted by Crippen LogP contribution is 2.20. The van der Waals surface area contributed by atoms with Crippen LogP contribution < -0.4 is 12.4 Å². The van der Waals surface area contributed by atoms with Crippen LogP contribution in [0.4, 0.5) is 0 Å². The van der Waals surface area contributed by atoms with Crippen LogP contribution >= 0.6 is 0 Å². The van der Waals surface area contributed by atoms with Gasteiger partial charge in [0.2, 0.25) is 5.91 Å². The molecule has 190 valence electrons. The van der Waals surface area contributed by atoms with Crippen molar-refractivity contribution in [3.63, 3.8) is 0 Å². The van der Waals surface area contributed by atoms with Crippen molar-refractivity contribution in [2.75, 3.05) is 46.1 Å². The lowest BCUT2D eigenvalue weighted by molar-refractivity contribution is -0.942. The van der Waals surface area contributed by atoms with E-state index in [0.717, 1.165) is 56.8 Å². The summed E-state index contributed by atoms with van der Waals surface area (Å²) in [5.41, 5.74) is 0. The normalized spacial score (nSPS) is 18.2. The van der Waals surface area contributed by atoms with E-state index in [-0.39, 0.29) is 12.4 Å². The van der Waals surface area contributed by atoms with Crippen LogP contribution in [-0.2, 0) is 9.53 Å². The molecule has 0 aromatic carbocycles. The number of hydrogen-bond donors (Lipinski definition) is 0. The van der Waals surface area contributed by atoms with E-state index in [1.165, 1.54) is 109 Å². The predicted octanol–water partition coefficient (Wildman–Crippen LogP) is 3.68. The highest BCUT2D eigenvalue weighted by molar-refractivity contribution is 5.77. The number of carbonyl (C=O) groups is 1. The van der Waals surface area contributed by atoms with E-state index in [1.807, 2.05) is 0 Å². The lowest BCUT2D eigenvalue weighted by atomic mass is 10.0. The molecule has 2 rings (SSSR count). The smallest absolute Gasteiger partial charge is 0.226 e. The van der Waals surface area contributed by atoms with E-state index in [4.69, 9.17) is 4.74 Å². The van der Waals surface area contributed by atoms with Gasteiger partial charge in [-0.15, -0.1) is 0 Å². The molecule has 0 bridgehead atoms. The first-order valence-electron chi connectivity index (χ1n) is 14.0. The summed E-state index contributed by atoms with van der Waals surface area (Å²) < 4.78 is 6.72. The third kappa shape index (κ3) is 12.8. The molecule has 2 fully saturated rings. The van der Waals surface area contributed by atoms with Gasteiger partial charge in [0.15, 0.2) is 6.67 Å². The Labute approximate surface area is 205 Å². The molecule has 4 nitrogen and oxygen atoms in total. The first-order chi connectivity index (χ1) is 15.3. The molecule has 2 aliphatic heterocycles. The van der Waals surface area contributed by atoms with Crippen LogP contribution in [0.5, 0.6) is 0 Å². The number of ether oxygens (including phenoxy) is 1. The number of morpholine rings is 1.